The first-order chi connectivity index (χ1) is 18.0. The number of unbranched alkanes of at least 4 members (excludes halogenated alkanes) is 1. The molecule has 0 spiro atoms. The first-order valence-electron chi connectivity index (χ1n) is 12.9. The molecule has 0 aromatic heterocycles. The van der Waals surface area contributed by atoms with Crippen LogP contribution in [-0.4, -0.2) is 73.7 Å². The van der Waals surface area contributed by atoms with Gasteiger partial charge in [-0.2, -0.15) is 0 Å². The van der Waals surface area contributed by atoms with Crippen molar-refractivity contribution in [1.82, 2.24) is 9.80 Å². The number of carboxylic acid groups (broad SMARTS) is 1. The Balaban J connectivity index is 1.65. The van der Waals surface area contributed by atoms with E-state index >= 15 is 0 Å². The van der Waals surface area contributed by atoms with Crippen LogP contribution >= 0.6 is 0 Å². The summed E-state index contributed by atoms with van der Waals surface area (Å²) in [5, 5.41) is 10.4. The van der Waals surface area contributed by atoms with Crippen molar-refractivity contribution in [2.75, 3.05) is 46.7 Å². The van der Waals surface area contributed by atoms with Crippen molar-refractivity contribution in [3.05, 3.63) is 53.6 Å². The maximum atomic E-state index is 12.8. The molecule has 0 bridgehead atoms. The highest BCUT2D eigenvalue weighted by Crippen LogP contribution is 2.47. The molecule has 1 amide bonds. The Morgan fingerprint density at radius 1 is 1.05 bits per heavy atom. The minimum Gasteiger partial charge on any atom is -0.497 e. The monoisotopic (exact) mass is 512 g/mol. The lowest BCUT2D eigenvalue weighted by molar-refractivity contribution is -0.143. The second-order valence-electron chi connectivity index (χ2n) is 9.34. The zero-order valence-corrected chi connectivity index (χ0v) is 21.7. The average Bonchev–Trinajstić information content (AvgIpc) is 3.53. The minimum atomic E-state index is -0.862. The SMILES string of the molecule is CCCCN(CCN1C[C@H](c2ccc3c(c2)OCO3)[C@H](C(=O)O)[C@H]1c1ccc(OC)cc1)C(=O)OCC. The summed E-state index contributed by atoms with van der Waals surface area (Å²) in [6.45, 7) is 6.44. The van der Waals surface area contributed by atoms with Crippen LogP contribution in [0.2, 0.25) is 0 Å². The normalized spacial score (nSPS) is 20.6. The van der Waals surface area contributed by atoms with Crippen LogP contribution in [0.3, 0.4) is 0 Å². The molecule has 37 heavy (non-hydrogen) atoms. The van der Waals surface area contributed by atoms with Crippen LogP contribution in [0.15, 0.2) is 42.5 Å². The van der Waals surface area contributed by atoms with Crippen molar-refractivity contribution in [1.29, 1.82) is 0 Å². The maximum Gasteiger partial charge on any atom is 0.409 e. The number of likely N-dealkylation sites (tertiary alicyclic amines) is 1. The van der Waals surface area contributed by atoms with Gasteiger partial charge in [0, 0.05) is 38.1 Å². The molecular weight excluding hydrogens is 476 g/mol. The van der Waals surface area contributed by atoms with Crippen LogP contribution in [0, 0.1) is 5.92 Å². The van der Waals surface area contributed by atoms with Crippen LogP contribution < -0.4 is 14.2 Å². The van der Waals surface area contributed by atoms with E-state index in [0.717, 1.165) is 24.0 Å². The largest absolute Gasteiger partial charge is 0.497 e. The summed E-state index contributed by atoms with van der Waals surface area (Å²) in [6.07, 6.45) is 1.50. The Morgan fingerprint density at radius 2 is 1.78 bits per heavy atom. The Bertz CT molecular complexity index is 1070. The topological polar surface area (TPSA) is 97.8 Å². The number of ether oxygens (including phenoxy) is 4. The fourth-order valence-electron chi connectivity index (χ4n) is 5.25. The smallest absolute Gasteiger partial charge is 0.409 e. The number of amides is 1. The van der Waals surface area contributed by atoms with Crippen molar-refractivity contribution in [2.24, 2.45) is 5.92 Å². The van der Waals surface area contributed by atoms with E-state index in [0.29, 0.717) is 50.0 Å². The predicted octanol–water partition coefficient (Wildman–Crippen LogP) is 4.52. The molecule has 2 aliphatic heterocycles. The van der Waals surface area contributed by atoms with Crippen LogP contribution in [0.1, 0.15) is 49.8 Å². The fraction of sp³-hybridized carbons (Fsp3) is 0.500. The molecule has 9 heteroatoms. The number of fused-ring (bicyclic) bond motifs is 1. The highest BCUT2D eigenvalue weighted by atomic mass is 16.7. The Hall–Kier alpha value is -3.46. The van der Waals surface area contributed by atoms with Crippen LogP contribution in [0.25, 0.3) is 0 Å². The summed E-state index contributed by atoms with van der Waals surface area (Å²) in [5.41, 5.74) is 1.79. The van der Waals surface area contributed by atoms with Gasteiger partial charge in [0.1, 0.15) is 5.75 Å². The molecular formula is C28H36N2O7. The summed E-state index contributed by atoms with van der Waals surface area (Å²) in [7, 11) is 1.60. The van der Waals surface area contributed by atoms with E-state index in [-0.39, 0.29) is 24.8 Å². The number of methoxy groups -OCH3 is 1. The number of benzene rings is 2. The summed E-state index contributed by atoms with van der Waals surface area (Å²) in [6, 6.07) is 12.8. The van der Waals surface area contributed by atoms with Crippen molar-refractivity contribution in [3.8, 4) is 17.2 Å². The van der Waals surface area contributed by atoms with Gasteiger partial charge in [0.05, 0.1) is 19.6 Å². The lowest BCUT2D eigenvalue weighted by Gasteiger charge is -2.30. The van der Waals surface area contributed by atoms with Gasteiger partial charge in [-0.15, -0.1) is 0 Å². The highest BCUT2D eigenvalue weighted by molar-refractivity contribution is 5.74. The Morgan fingerprint density at radius 3 is 2.46 bits per heavy atom. The number of nitrogens with zero attached hydrogens (tertiary/aromatic N) is 2. The van der Waals surface area contributed by atoms with Gasteiger partial charge in [-0.3, -0.25) is 9.69 Å². The minimum absolute atomic E-state index is 0.161. The molecule has 3 atom stereocenters. The number of carboxylic acids is 1. The third-order valence-corrected chi connectivity index (χ3v) is 7.13. The van der Waals surface area contributed by atoms with Gasteiger partial charge in [-0.05, 0) is 48.7 Å². The van der Waals surface area contributed by atoms with Gasteiger partial charge >= 0.3 is 12.1 Å². The molecule has 2 aliphatic rings. The molecule has 200 valence electrons. The van der Waals surface area contributed by atoms with Gasteiger partial charge in [-0.1, -0.05) is 31.5 Å². The lowest BCUT2D eigenvalue weighted by atomic mass is 9.82. The van der Waals surface area contributed by atoms with Crippen LogP contribution in [0.4, 0.5) is 4.79 Å². The van der Waals surface area contributed by atoms with E-state index in [1.54, 1.807) is 18.9 Å². The summed E-state index contributed by atoms with van der Waals surface area (Å²) < 4.78 is 21.6. The quantitative estimate of drug-likeness (QED) is 0.469. The number of rotatable bonds is 11. The van der Waals surface area contributed by atoms with E-state index in [2.05, 4.69) is 11.8 Å². The van der Waals surface area contributed by atoms with E-state index in [1.807, 2.05) is 42.5 Å². The highest BCUT2D eigenvalue weighted by Gasteiger charge is 2.47. The number of hydrogen-bond acceptors (Lipinski definition) is 7. The van der Waals surface area contributed by atoms with Gasteiger partial charge in [0.15, 0.2) is 11.5 Å². The van der Waals surface area contributed by atoms with E-state index in [1.165, 1.54) is 0 Å². The van der Waals surface area contributed by atoms with E-state index < -0.39 is 11.9 Å². The maximum absolute atomic E-state index is 12.8. The van der Waals surface area contributed by atoms with Crippen molar-refractivity contribution in [2.45, 2.75) is 38.6 Å². The van der Waals surface area contributed by atoms with Crippen molar-refractivity contribution >= 4 is 12.1 Å². The number of carbonyl (C=O) groups is 2. The predicted molar refractivity (Wildman–Crippen MR) is 137 cm³/mol. The molecule has 4 rings (SSSR count). The van der Waals surface area contributed by atoms with E-state index in [9.17, 15) is 14.7 Å². The molecule has 1 saturated heterocycles. The second-order valence-corrected chi connectivity index (χ2v) is 9.34. The molecule has 1 N–H and O–H groups in total. The zero-order chi connectivity index (χ0) is 26.4. The van der Waals surface area contributed by atoms with Gasteiger partial charge < -0.3 is 29.0 Å². The molecule has 0 unspecified atom stereocenters. The third-order valence-electron chi connectivity index (χ3n) is 7.13. The summed E-state index contributed by atoms with van der Waals surface area (Å²) in [5.74, 6) is 0.179. The van der Waals surface area contributed by atoms with Gasteiger partial charge in [-0.25, -0.2) is 4.79 Å². The first-order valence-corrected chi connectivity index (χ1v) is 12.9. The van der Waals surface area contributed by atoms with Crippen LogP contribution in [-0.2, 0) is 9.53 Å². The number of hydrogen-bond donors (Lipinski definition) is 1. The summed E-state index contributed by atoms with van der Waals surface area (Å²) >= 11 is 0. The first kappa shape index (κ1) is 26.6. The van der Waals surface area contributed by atoms with Crippen molar-refractivity contribution < 1.29 is 33.6 Å². The molecule has 2 heterocycles. The van der Waals surface area contributed by atoms with Gasteiger partial charge in [0.2, 0.25) is 6.79 Å². The van der Waals surface area contributed by atoms with Crippen LogP contribution in [0.5, 0.6) is 17.2 Å². The fourth-order valence-corrected chi connectivity index (χ4v) is 5.25. The molecule has 0 saturated carbocycles. The molecule has 9 nitrogen and oxygen atoms in total. The van der Waals surface area contributed by atoms with Gasteiger partial charge in [0.25, 0.3) is 0 Å². The number of carbonyl (C=O) groups excluding carboxylic acids is 1. The molecule has 2 aromatic rings. The molecule has 0 aliphatic carbocycles. The van der Waals surface area contributed by atoms with Crippen molar-refractivity contribution in [3.63, 3.8) is 0 Å². The lowest BCUT2D eigenvalue weighted by Crippen LogP contribution is -2.40. The molecule has 0 radical (unpaired) electrons. The molecule has 2 aromatic carbocycles. The Kier molecular flexibility index (Phi) is 8.76. The Labute approximate surface area is 217 Å². The second kappa shape index (κ2) is 12.2. The summed E-state index contributed by atoms with van der Waals surface area (Å²) in [4.78, 5) is 29.2. The molecule has 1 fully saturated rings. The standard InChI is InChI=1S/C28H36N2O7/c1-4-6-13-29(28(33)35-5-2)14-15-30-17-22(20-9-12-23-24(16-20)37-18-36-23)25(27(31)32)26(30)19-7-10-21(34-3)11-8-19/h7-12,16,22,25-26H,4-6,13-15,17-18H2,1-3H3,(H,31,32)/t22-,25+,26-/m1/s1. The zero-order valence-electron chi connectivity index (χ0n) is 21.7. The van der Waals surface area contributed by atoms with E-state index in [4.69, 9.17) is 18.9 Å². The third kappa shape index (κ3) is 5.93. The average molecular weight is 513 g/mol. The number of aliphatic carboxylic acids is 1.